The summed E-state index contributed by atoms with van der Waals surface area (Å²) in [5.41, 5.74) is 6.74. The van der Waals surface area contributed by atoms with Gasteiger partial charge < -0.3 is 15.4 Å². The third kappa shape index (κ3) is 2.66. The molecule has 0 radical (unpaired) electrons. The van der Waals surface area contributed by atoms with Gasteiger partial charge in [-0.2, -0.15) is 0 Å². The fourth-order valence-corrected chi connectivity index (χ4v) is 5.36. The molecule has 3 unspecified atom stereocenters. The summed E-state index contributed by atoms with van der Waals surface area (Å²) < 4.78 is 6.04. The van der Waals surface area contributed by atoms with Crippen LogP contribution in [0.5, 0.6) is 0 Å². The summed E-state index contributed by atoms with van der Waals surface area (Å²) in [6.45, 7) is 3.13. The molecular formula is C17H30IN3O. The van der Waals surface area contributed by atoms with Gasteiger partial charge in [0, 0.05) is 31.0 Å². The lowest BCUT2D eigenvalue weighted by molar-refractivity contribution is -0.117. The van der Waals surface area contributed by atoms with Crippen molar-refractivity contribution in [2.24, 2.45) is 22.1 Å². The first-order chi connectivity index (χ1) is 10.3. The lowest BCUT2D eigenvalue weighted by Gasteiger charge is -2.54. The Hall–Kier alpha value is -0.0400. The van der Waals surface area contributed by atoms with E-state index >= 15 is 0 Å². The molecule has 2 N–H and O–H groups in total. The van der Waals surface area contributed by atoms with Gasteiger partial charge in [-0.25, -0.2) is 4.99 Å². The highest BCUT2D eigenvalue weighted by atomic mass is 127. The van der Waals surface area contributed by atoms with Gasteiger partial charge in [-0.1, -0.05) is 25.7 Å². The minimum atomic E-state index is 0. The topological polar surface area (TPSA) is 50.9 Å². The number of nitrogens with zero attached hydrogens (tertiary/aromatic N) is 2. The van der Waals surface area contributed by atoms with E-state index in [2.05, 4.69) is 4.90 Å². The first-order valence-corrected chi connectivity index (χ1v) is 9.01. The average Bonchev–Trinajstić information content (AvgIpc) is 3.07. The van der Waals surface area contributed by atoms with Gasteiger partial charge in [0.25, 0.3) is 0 Å². The zero-order valence-electron chi connectivity index (χ0n) is 13.5. The SMILES string of the molecule is I.NC(=NC1C2CCOC2C12CCCC2)N1CCCCCC1. The van der Waals surface area contributed by atoms with Crippen LogP contribution in [0.1, 0.15) is 57.8 Å². The maximum Gasteiger partial charge on any atom is 0.191 e. The molecule has 3 atom stereocenters. The molecule has 2 saturated carbocycles. The zero-order chi connectivity index (χ0) is 14.3. The Morgan fingerprint density at radius 1 is 1.05 bits per heavy atom. The number of hydrogen-bond acceptors (Lipinski definition) is 2. The van der Waals surface area contributed by atoms with E-state index < -0.39 is 0 Å². The largest absolute Gasteiger partial charge is 0.377 e. The van der Waals surface area contributed by atoms with Crippen molar-refractivity contribution in [3.63, 3.8) is 0 Å². The summed E-state index contributed by atoms with van der Waals surface area (Å²) in [4.78, 5) is 7.40. The second kappa shape index (κ2) is 6.83. The lowest BCUT2D eigenvalue weighted by atomic mass is 9.54. The first kappa shape index (κ1) is 16.8. The Bertz CT molecular complexity index is 414. The van der Waals surface area contributed by atoms with Crippen LogP contribution >= 0.6 is 24.0 Å². The van der Waals surface area contributed by atoms with E-state index in [4.69, 9.17) is 15.5 Å². The Morgan fingerprint density at radius 3 is 2.41 bits per heavy atom. The van der Waals surface area contributed by atoms with E-state index in [1.165, 1.54) is 57.8 Å². The van der Waals surface area contributed by atoms with Crippen LogP contribution < -0.4 is 5.73 Å². The van der Waals surface area contributed by atoms with Crippen molar-refractivity contribution in [2.45, 2.75) is 69.9 Å². The van der Waals surface area contributed by atoms with Crippen LogP contribution in [0.15, 0.2) is 4.99 Å². The van der Waals surface area contributed by atoms with E-state index in [9.17, 15) is 0 Å². The first-order valence-electron chi connectivity index (χ1n) is 9.01. The van der Waals surface area contributed by atoms with Gasteiger partial charge >= 0.3 is 0 Å². The molecule has 0 bridgehead atoms. The molecule has 2 heterocycles. The molecule has 0 aromatic carbocycles. The van der Waals surface area contributed by atoms with Gasteiger partial charge in [0.2, 0.25) is 0 Å². The molecule has 22 heavy (non-hydrogen) atoms. The minimum Gasteiger partial charge on any atom is -0.377 e. The number of nitrogens with two attached hydrogens (primary N) is 1. The van der Waals surface area contributed by atoms with Crippen LogP contribution in [0.4, 0.5) is 0 Å². The molecule has 0 amide bonds. The van der Waals surface area contributed by atoms with Crippen molar-refractivity contribution in [3.05, 3.63) is 0 Å². The summed E-state index contributed by atoms with van der Waals surface area (Å²) in [7, 11) is 0. The second-order valence-corrected chi connectivity index (χ2v) is 7.52. The van der Waals surface area contributed by atoms with Gasteiger partial charge in [0.15, 0.2) is 5.96 Å². The maximum absolute atomic E-state index is 6.40. The monoisotopic (exact) mass is 419 g/mol. The minimum absolute atomic E-state index is 0. The number of hydrogen-bond donors (Lipinski definition) is 1. The molecular weight excluding hydrogens is 389 g/mol. The number of halogens is 1. The van der Waals surface area contributed by atoms with Crippen LogP contribution in [-0.2, 0) is 4.74 Å². The van der Waals surface area contributed by atoms with Gasteiger partial charge in [-0.15, -0.1) is 24.0 Å². The average molecular weight is 419 g/mol. The van der Waals surface area contributed by atoms with Crippen LogP contribution in [0.25, 0.3) is 0 Å². The number of guanidine groups is 1. The smallest absolute Gasteiger partial charge is 0.191 e. The Balaban J connectivity index is 0.00000144. The number of rotatable bonds is 1. The third-order valence-corrected chi connectivity index (χ3v) is 6.43. The predicted molar refractivity (Wildman–Crippen MR) is 99.6 cm³/mol. The molecule has 2 saturated heterocycles. The van der Waals surface area contributed by atoms with Crippen LogP contribution in [0.2, 0.25) is 0 Å². The number of aliphatic imine (C=N–C) groups is 1. The van der Waals surface area contributed by atoms with E-state index in [-0.39, 0.29) is 24.0 Å². The number of fused-ring (bicyclic) bond motifs is 2. The standard InChI is InChI=1S/C17H29N3O.HI/c18-16(20-10-5-1-2-6-11-20)19-14-13-7-12-21-15(13)17(14)8-3-4-9-17;/h13-15H,1-12H2,(H2,18,19);1H. The molecule has 126 valence electrons. The normalized spacial score (nSPS) is 37.4. The molecule has 5 heteroatoms. The van der Waals surface area contributed by atoms with Crippen molar-refractivity contribution in [1.29, 1.82) is 0 Å². The van der Waals surface area contributed by atoms with Gasteiger partial charge in [0.05, 0.1) is 12.1 Å². The third-order valence-electron chi connectivity index (χ3n) is 6.43. The molecule has 0 aromatic heterocycles. The number of likely N-dealkylation sites (tertiary alicyclic amines) is 1. The van der Waals surface area contributed by atoms with E-state index in [1.54, 1.807) is 0 Å². The Kier molecular flexibility index (Phi) is 5.22. The highest BCUT2D eigenvalue weighted by Gasteiger charge is 2.65. The summed E-state index contributed by atoms with van der Waals surface area (Å²) >= 11 is 0. The molecule has 2 aliphatic heterocycles. The van der Waals surface area contributed by atoms with E-state index in [0.717, 1.165) is 25.7 Å². The molecule has 4 nitrogen and oxygen atoms in total. The van der Waals surface area contributed by atoms with Crippen molar-refractivity contribution in [3.8, 4) is 0 Å². The summed E-state index contributed by atoms with van der Waals surface area (Å²) in [5, 5.41) is 0. The lowest BCUT2D eigenvalue weighted by Crippen LogP contribution is -2.61. The van der Waals surface area contributed by atoms with Crippen LogP contribution in [-0.4, -0.2) is 42.7 Å². The van der Waals surface area contributed by atoms with Gasteiger partial charge in [-0.3, -0.25) is 0 Å². The van der Waals surface area contributed by atoms with Crippen molar-refractivity contribution < 1.29 is 4.74 Å². The van der Waals surface area contributed by atoms with E-state index in [1.807, 2.05) is 0 Å². The van der Waals surface area contributed by atoms with Crippen molar-refractivity contribution in [1.82, 2.24) is 4.90 Å². The van der Waals surface area contributed by atoms with Gasteiger partial charge in [-0.05, 0) is 32.1 Å². The summed E-state index contributed by atoms with van der Waals surface area (Å²) in [6.07, 6.45) is 12.2. The van der Waals surface area contributed by atoms with Gasteiger partial charge in [0.1, 0.15) is 0 Å². The van der Waals surface area contributed by atoms with Crippen LogP contribution in [0, 0.1) is 11.3 Å². The fourth-order valence-electron chi connectivity index (χ4n) is 5.36. The molecule has 1 spiro atoms. The van der Waals surface area contributed by atoms with Crippen LogP contribution in [0.3, 0.4) is 0 Å². The van der Waals surface area contributed by atoms with Crippen molar-refractivity contribution in [2.75, 3.05) is 19.7 Å². The Morgan fingerprint density at radius 2 is 1.73 bits per heavy atom. The molecule has 0 aromatic rings. The van der Waals surface area contributed by atoms with E-state index in [0.29, 0.717) is 23.5 Å². The molecule has 2 aliphatic carbocycles. The number of ether oxygens (including phenoxy) is 1. The van der Waals surface area contributed by atoms with Crippen molar-refractivity contribution >= 4 is 29.9 Å². The zero-order valence-corrected chi connectivity index (χ0v) is 15.8. The second-order valence-electron chi connectivity index (χ2n) is 7.52. The Labute approximate surface area is 151 Å². The highest BCUT2D eigenvalue weighted by molar-refractivity contribution is 14.0. The quantitative estimate of drug-likeness (QED) is 0.404. The summed E-state index contributed by atoms with van der Waals surface area (Å²) in [5.74, 6) is 1.46. The molecule has 4 aliphatic rings. The highest BCUT2D eigenvalue weighted by Crippen LogP contribution is 2.62. The fraction of sp³-hybridized carbons (Fsp3) is 0.941. The molecule has 4 rings (SSSR count). The maximum atomic E-state index is 6.40. The predicted octanol–water partition coefficient (Wildman–Crippen LogP) is 3.14. The molecule has 4 fully saturated rings. The summed E-state index contributed by atoms with van der Waals surface area (Å²) in [6, 6.07) is 0.441.